The van der Waals surface area contributed by atoms with Gasteiger partial charge in [0.05, 0.1) is 50.4 Å². The molecule has 0 aliphatic carbocycles. The fourth-order valence-electron chi connectivity index (χ4n) is 5.00. The number of carbonyl (C=O) groups excluding carboxylic acids is 1. The second-order valence-corrected chi connectivity index (χ2v) is 10.8. The number of ether oxygens (including phenoxy) is 3. The zero-order valence-electron chi connectivity index (χ0n) is 22.7. The first-order valence-corrected chi connectivity index (χ1v) is 13.7. The van der Waals surface area contributed by atoms with Crippen LogP contribution in [0, 0.1) is 11.8 Å². The molecule has 9 heteroatoms. The van der Waals surface area contributed by atoms with Gasteiger partial charge in [-0.15, -0.1) is 0 Å². The fourth-order valence-corrected chi connectivity index (χ4v) is 5.00. The van der Waals surface area contributed by atoms with Crippen molar-refractivity contribution in [3.8, 4) is 0 Å². The number of methoxy groups -OCH3 is 1. The van der Waals surface area contributed by atoms with E-state index in [1.54, 1.807) is 13.1 Å². The number of aliphatic hydroxyl groups excluding tert-OH is 3. The maximum atomic E-state index is 11.1. The number of aromatic nitrogens is 1. The SMILES string of the molecule is COC(=O)CCCCCCCc1cnc(/C=C(\C)CC2OCC(CC3OC3C(C)C(C)O)C(O)C2O)o1. The Bertz CT molecular complexity index is 868. The normalized spacial score (nSPS) is 29.6. The van der Waals surface area contributed by atoms with Gasteiger partial charge in [0, 0.05) is 24.7 Å². The van der Waals surface area contributed by atoms with Crippen LogP contribution in [0.25, 0.3) is 6.08 Å². The quantitative estimate of drug-likeness (QED) is 0.179. The molecule has 2 aliphatic rings. The van der Waals surface area contributed by atoms with Crippen LogP contribution in [0.3, 0.4) is 0 Å². The maximum Gasteiger partial charge on any atom is 0.305 e. The number of nitrogens with zero attached hydrogens (tertiary/aromatic N) is 1. The number of esters is 1. The van der Waals surface area contributed by atoms with Crippen molar-refractivity contribution in [2.24, 2.45) is 11.8 Å². The second kappa shape index (κ2) is 14.4. The molecule has 0 radical (unpaired) electrons. The molecule has 9 nitrogen and oxygen atoms in total. The van der Waals surface area contributed by atoms with Crippen LogP contribution in [0.5, 0.6) is 0 Å². The van der Waals surface area contributed by atoms with Crippen LogP contribution in [0.4, 0.5) is 0 Å². The summed E-state index contributed by atoms with van der Waals surface area (Å²) in [6, 6.07) is 0. The summed E-state index contributed by atoms with van der Waals surface area (Å²) in [7, 11) is 1.42. The van der Waals surface area contributed by atoms with Crippen molar-refractivity contribution in [3.05, 3.63) is 23.4 Å². The Kier molecular flexibility index (Phi) is 11.6. The predicted molar refractivity (Wildman–Crippen MR) is 138 cm³/mol. The number of carbonyl (C=O) groups is 1. The minimum Gasteiger partial charge on any atom is -0.469 e. The van der Waals surface area contributed by atoms with Gasteiger partial charge in [-0.3, -0.25) is 4.79 Å². The zero-order valence-corrected chi connectivity index (χ0v) is 22.7. The third-order valence-electron chi connectivity index (χ3n) is 7.67. The summed E-state index contributed by atoms with van der Waals surface area (Å²) in [5, 5.41) is 31.1. The van der Waals surface area contributed by atoms with Gasteiger partial charge in [0.25, 0.3) is 0 Å². The summed E-state index contributed by atoms with van der Waals surface area (Å²) >= 11 is 0. The summed E-state index contributed by atoms with van der Waals surface area (Å²) in [5.74, 6) is 1.05. The van der Waals surface area contributed by atoms with Crippen LogP contribution in [0.15, 0.2) is 16.2 Å². The molecule has 210 valence electrons. The lowest BCUT2D eigenvalue weighted by molar-refractivity contribution is -0.165. The van der Waals surface area contributed by atoms with Gasteiger partial charge in [-0.1, -0.05) is 31.8 Å². The van der Waals surface area contributed by atoms with Crippen molar-refractivity contribution >= 4 is 12.0 Å². The monoisotopic (exact) mass is 523 g/mol. The Labute approximate surface area is 220 Å². The van der Waals surface area contributed by atoms with E-state index in [-0.39, 0.29) is 30.0 Å². The zero-order chi connectivity index (χ0) is 26.9. The molecule has 1 aromatic heterocycles. The molecule has 0 saturated carbocycles. The molecule has 2 saturated heterocycles. The molecule has 0 aromatic carbocycles. The molecule has 0 bridgehead atoms. The molecule has 0 spiro atoms. The second-order valence-electron chi connectivity index (χ2n) is 10.8. The number of hydrogen-bond donors (Lipinski definition) is 3. The number of hydrogen-bond acceptors (Lipinski definition) is 9. The first-order valence-electron chi connectivity index (χ1n) is 13.7. The van der Waals surface area contributed by atoms with Gasteiger partial charge >= 0.3 is 5.97 Å². The van der Waals surface area contributed by atoms with Gasteiger partial charge in [0.15, 0.2) is 0 Å². The van der Waals surface area contributed by atoms with Gasteiger partial charge in [-0.2, -0.15) is 0 Å². The van der Waals surface area contributed by atoms with Crippen molar-refractivity contribution in [2.75, 3.05) is 13.7 Å². The molecular weight excluding hydrogens is 478 g/mol. The van der Waals surface area contributed by atoms with Crippen LogP contribution >= 0.6 is 0 Å². The smallest absolute Gasteiger partial charge is 0.305 e. The maximum absolute atomic E-state index is 11.1. The number of epoxide rings is 1. The summed E-state index contributed by atoms with van der Waals surface area (Å²) in [6.45, 7) is 6.01. The standard InChI is InChI=1S/C28H45NO8/c1-17(13-24-29-15-21(36-24)10-8-6-5-7-9-11-25(31)34-4)12-22-27(33)26(32)20(16-35-22)14-23-28(37-23)18(2)19(3)30/h13,15,18-20,22-23,26-28,30,32-33H,5-12,14,16H2,1-4H3/b17-13+. The largest absolute Gasteiger partial charge is 0.469 e. The number of oxazole rings is 1. The van der Waals surface area contributed by atoms with Gasteiger partial charge in [0.1, 0.15) is 11.9 Å². The predicted octanol–water partition coefficient (Wildman–Crippen LogP) is 3.44. The molecule has 3 N–H and O–H groups in total. The summed E-state index contributed by atoms with van der Waals surface area (Å²) in [6.07, 6.45) is 8.17. The van der Waals surface area contributed by atoms with Gasteiger partial charge in [0.2, 0.25) is 5.89 Å². The summed E-state index contributed by atoms with van der Waals surface area (Å²) < 4.78 is 22.1. The highest BCUT2D eigenvalue weighted by molar-refractivity contribution is 5.68. The minimum atomic E-state index is -0.985. The van der Waals surface area contributed by atoms with E-state index in [1.165, 1.54) is 7.11 Å². The molecule has 2 aliphatic heterocycles. The van der Waals surface area contributed by atoms with E-state index in [2.05, 4.69) is 9.72 Å². The van der Waals surface area contributed by atoms with E-state index in [9.17, 15) is 20.1 Å². The van der Waals surface area contributed by atoms with Gasteiger partial charge in [-0.05, 0) is 45.6 Å². The molecule has 8 unspecified atom stereocenters. The van der Waals surface area contributed by atoms with E-state index < -0.39 is 24.4 Å². The molecular formula is C28H45NO8. The highest BCUT2D eigenvalue weighted by Crippen LogP contribution is 2.38. The van der Waals surface area contributed by atoms with Crippen LogP contribution in [0.2, 0.25) is 0 Å². The Balaban J connectivity index is 1.36. The molecule has 0 amide bonds. The van der Waals surface area contributed by atoms with Crippen LogP contribution < -0.4 is 0 Å². The molecule has 2 fully saturated rings. The third kappa shape index (κ3) is 9.18. The Hall–Kier alpha value is -1.78. The lowest BCUT2D eigenvalue weighted by Gasteiger charge is -2.38. The Morgan fingerprint density at radius 2 is 1.89 bits per heavy atom. The molecule has 37 heavy (non-hydrogen) atoms. The number of unbranched alkanes of at least 4 members (excludes halogenated alkanes) is 4. The number of rotatable bonds is 15. The van der Waals surface area contributed by atoms with Crippen molar-refractivity contribution in [1.82, 2.24) is 4.98 Å². The van der Waals surface area contributed by atoms with Crippen LogP contribution in [-0.2, 0) is 25.4 Å². The average Bonchev–Trinajstić information content (AvgIpc) is 3.50. The van der Waals surface area contributed by atoms with Crippen LogP contribution in [-0.4, -0.2) is 76.6 Å². The number of aliphatic hydroxyl groups is 3. The van der Waals surface area contributed by atoms with E-state index in [1.807, 2.05) is 19.9 Å². The molecule has 8 atom stereocenters. The highest BCUT2D eigenvalue weighted by Gasteiger charge is 2.48. The van der Waals surface area contributed by atoms with Crippen molar-refractivity contribution in [2.45, 2.75) is 115 Å². The molecule has 3 heterocycles. The lowest BCUT2D eigenvalue weighted by Crippen LogP contribution is -2.50. The van der Waals surface area contributed by atoms with Crippen molar-refractivity contribution in [3.63, 3.8) is 0 Å². The van der Waals surface area contributed by atoms with Crippen molar-refractivity contribution < 1.29 is 38.7 Å². The minimum absolute atomic E-state index is 0.00374. The molecule has 3 rings (SSSR count). The topological polar surface area (TPSA) is 135 Å². The van der Waals surface area contributed by atoms with E-state index in [0.29, 0.717) is 31.8 Å². The molecule has 1 aromatic rings. The summed E-state index contributed by atoms with van der Waals surface area (Å²) in [4.78, 5) is 15.5. The third-order valence-corrected chi connectivity index (χ3v) is 7.67. The average molecular weight is 524 g/mol. The Morgan fingerprint density at radius 1 is 1.16 bits per heavy atom. The van der Waals surface area contributed by atoms with E-state index >= 15 is 0 Å². The Morgan fingerprint density at radius 3 is 2.62 bits per heavy atom. The first kappa shape index (κ1) is 29.8. The number of aryl methyl sites for hydroxylation is 1. The fraction of sp³-hybridized carbons (Fsp3) is 0.786. The lowest BCUT2D eigenvalue weighted by atomic mass is 9.85. The van der Waals surface area contributed by atoms with E-state index in [4.69, 9.17) is 13.9 Å². The highest BCUT2D eigenvalue weighted by atomic mass is 16.6. The van der Waals surface area contributed by atoms with Crippen LogP contribution in [0.1, 0.15) is 83.8 Å². The van der Waals surface area contributed by atoms with Gasteiger partial charge in [-0.25, -0.2) is 4.98 Å². The van der Waals surface area contributed by atoms with Gasteiger partial charge < -0.3 is 33.9 Å². The first-order chi connectivity index (χ1) is 17.7. The summed E-state index contributed by atoms with van der Waals surface area (Å²) in [5.41, 5.74) is 0.949. The van der Waals surface area contributed by atoms with Crippen molar-refractivity contribution in [1.29, 1.82) is 0 Å². The van der Waals surface area contributed by atoms with E-state index in [0.717, 1.165) is 49.9 Å².